The zero-order valence-corrected chi connectivity index (χ0v) is 28.4. The summed E-state index contributed by atoms with van der Waals surface area (Å²) in [5.74, 6) is 1.22. The molecule has 0 fully saturated rings. The van der Waals surface area contributed by atoms with Gasteiger partial charge in [0.25, 0.3) is 5.56 Å². The minimum Gasteiger partial charge on any atom is -0.490 e. The number of benzene rings is 3. The summed E-state index contributed by atoms with van der Waals surface area (Å²) < 4.78 is 25.8. The highest BCUT2D eigenvalue weighted by molar-refractivity contribution is 9.10. The minimum atomic E-state index is -0.773. The Balaban J connectivity index is 1.56. The monoisotopic (exact) mass is 710 g/mol. The van der Waals surface area contributed by atoms with Crippen molar-refractivity contribution in [3.63, 3.8) is 0 Å². The first-order valence-corrected chi connectivity index (χ1v) is 16.5. The van der Waals surface area contributed by atoms with Gasteiger partial charge in [0.05, 0.1) is 46.1 Å². The van der Waals surface area contributed by atoms with E-state index in [9.17, 15) is 9.59 Å². The van der Waals surface area contributed by atoms with E-state index in [1.165, 1.54) is 11.3 Å². The maximum Gasteiger partial charge on any atom is 0.338 e. The van der Waals surface area contributed by atoms with E-state index in [4.69, 9.17) is 30.5 Å². The van der Waals surface area contributed by atoms with Crippen molar-refractivity contribution < 1.29 is 23.7 Å². The summed E-state index contributed by atoms with van der Waals surface area (Å²) in [7, 11) is 0. The fourth-order valence-electron chi connectivity index (χ4n) is 4.99. The summed E-state index contributed by atoms with van der Waals surface area (Å²) in [6.07, 6.45) is 1.80. The third kappa shape index (κ3) is 7.03. The predicted molar refractivity (Wildman–Crippen MR) is 179 cm³/mol. The molecule has 0 radical (unpaired) electrons. The van der Waals surface area contributed by atoms with Gasteiger partial charge in [-0.25, -0.2) is 9.79 Å². The van der Waals surface area contributed by atoms with Crippen LogP contribution in [0.2, 0.25) is 5.02 Å². The molecular weight excluding hydrogens is 680 g/mol. The number of esters is 1. The number of carbonyl (C=O) groups is 1. The third-order valence-electron chi connectivity index (χ3n) is 6.99. The lowest BCUT2D eigenvalue weighted by molar-refractivity contribution is -0.139. The second-order valence-corrected chi connectivity index (χ2v) is 12.2. The van der Waals surface area contributed by atoms with E-state index in [-0.39, 0.29) is 12.2 Å². The smallest absolute Gasteiger partial charge is 0.338 e. The Morgan fingerprint density at radius 2 is 1.71 bits per heavy atom. The Morgan fingerprint density at radius 1 is 0.978 bits per heavy atom. The average Bonchev–Trinajstić information content (AvgIpc) is 3.31. The molecular formula is C34H32BrClN2O6S. The van der Waals surface area contributed by atoms with E-state index in [2.05, 4.69) is 20.9 Å². The quantitative estimate of drug-likeness (QED) is 0.163. The Bertz CT molecular complexity index is 1950. The molecule has 0 N–H and O–H groups in total. The lowest BCUT2D eigenvalue weighted by Crippen LogP contribution is -2.40. The van der Waals surface area contributed by atoms with E-state index >= 15 is 0 Å². The average molecular weight is 712 g/mol. The Labute approximate surface area is 278 Å². The summed E-state index contributed by atoms with van der Waals surface area (Å²) in [5, 5.41) is 0.639. The Hall–Kier alpha value is -3.86. The normalized spacial score (nSPS) is 14.5. The van der Waals surface area contributed by atoms with Gasteiger partial charge in [-0.15, -0.1) is 0 Å². The molecule has 4 aromatic rings. The molecule has 1 atom stereocenters. The number of ether oxygens (including phenoxy) is 4. The largest absolute Gasteiger partial charge is 0.490 e. The molecule has 0 amide bonds. The fraction of sp³-hybridized carbons (Fsp3) is 0.265. The Morgan fingerprint density at radius 3 is 2.42 bits per heavy atom. The van der Waals surface area contributed by atoms with Crippen LogP contribution in [0.15, 0.2) is 86.2 Å². The molecule has 1 aliphatic heterocycles. The van der Waals surface area contributed by atoms with Gasteiger partial charge in [0.1, 0.15) is 12.4 Å². The number of allylic oxidation sites excluding steroid dienone is 1. The number of fused-ring (bicyclic) bond motifs is 1. The molecule has 8 nitrogen and oxygen atoms in total. The molecule has 0 aliphatic carbocycles. The number of nitrogens with zero attached hydrogens (tertiary/aromatic N) is 2. The van der Waals surface area contributed by atoms with Gasteiger partial charge in [0, 0.05) is 10.6 Å². The summed E-state index contributed by atoms with van der Waals surface area (Å²) in [6, 6.07) is 17.8. The maximum atomic E-state index is 14.1. The SMILES string of the molecule is CCOC(=O)C1=C(C)N=c2s/c(=C\c3ccc(OCc4ccccc4Cl)c(Br)c3)c(=O)n2[C@@H]1c1ccc(OCC)c(OCC)c1. The van der Waals surface area contributed by atoms with Crippen molar-refractivity contribution in [2.75, 3.05) is 19.8 Å². The van der Waals surface area contributed by atoms with E-state index in [1.54, 1.807) is 30.6 Å². The second kappa shape index (κ2) is 14.5. The summed E-state index contributed by atoms with van der Waals surface area (Å²) in [5.41, 5.74) is 2.85. The number of hydrogen-bond donors (Lipinski definition) is 0. The van der Waals surface area contributed by atoms with Crippen LogP contribution >= 0.6 is 38.9 Å². The number of aromatic nitrogens is 1. The van der Waals surface area contributed by atoms with Crippen molar-refractivity contribution in [2.45, 2.75) is 40.3 Å². The molecule has 0 bridgehead atoms. The standard InChI is InChI=1S/C34H32BrClN2O6S/c1-5-41-27-15-13-22(18-28(27)42-6-2)31-30(33(40)43-7-3)20(4)37-34-38(31)32(39)29(45-34)17-21-12-14-26(24(35)16-21)44-19-23-10-8-9-11-25(23)36/h8-18,31H,5-7,19H2,1-4H3/b29-17-/t31-/m1/s1. The van der Waals surface area contributed by atoms with Crippen molar-refractivity contribution in [3.8, 4) is 17.2 Å². The second-order valence-electron chi connectivity index (χ2n) is 9.94. The fourth-order valence-corrected chi connectivity index (χ4v) is 6.74. The Kier molecular flexibility index (Phi) is 10.5. The molecule has 11 heteroatoms. The van der Waals surface area contributed by atoms with Gasteiger partial charge in [-0.3, -0.25) is 9.36 Å². The van der Waals surface area contributed by atoms with Crippen molar-refractivity contribution in [2.24, 2.45) is 4.99 Å². The number of halogens is 2. The van der Waals surface area contributed by atoms with Gasteiger partial charge < -0.3 is 18.9 Å². The van der Waals surface area contributed by atoms with Crippen molar-refractivity contribution >= 4 is 50.9 Å². The van der Waals surface area contributed by atoms with Crippen LogP contribution in [0.4, 0.5) is 0 Å². The number of carbonyl (C=O) groups excluding carboxylic acids is 1. The molecule has 0 spiro atoms. The van der Waals surface area contributed by atoms with Gasteiger partial charge in [0.2, 0.25) is 0 Å². The van der Waals surface area contributed by atoms with Crippen LogP contribution in [0.3, 0.4) is 0 Å². The van der Waals surface area contributed by atoms with Crippen LogP contribution < -0.4 is 29.1 Å². The number of hydrogen-bond acceptors (Lipinski definition) is 8. The summed E-state index contributed by atoms with van der Waals surface area (Å²) in [4.78, 5) is 32.5. The van der Waals surface area contributed by atoms with Gasteiger partial charge >= 0.3 is 5.97 Å². The van der Waals surface area contributed by atoms with Crippen LogP contribution in [0.1, 0.15) is 50.4 Å². The molecule has 1 aliphatic rings. The topological polar surface area (TPSA) is 88.4 Å². The highest BCUT2D eigenvalue weighted by Crippen LogP contribution is 2.36. The van der Waals surface area contributed by atoms with Crippen molar-refractivity contribution in [3.05, 3.63) is 118 Å². The van der Waals surface area contributed by atoms with Crippen LogP contribution in [-0.4, -0.2) is 30.4 Å². The summed E-state index contributed by atoms with van der Waals surface area (Å²) >= 11 is 11.1. The van der Waals surface area contributed by atoms with E-state index in [0.717, 1.165) is 15.6 Å². The van der Waals surface area contributed by atoms with E-state index in [1.807, 2.05) is 68.4 Å². The lowest BCUT2D eigenvalue weighted by atomic mass is 9.95. The molecule has 234 valence electrons. The zero-order valence-electron chi connectivity index (χ0n) is 25.3. The van der Waals surface area contributed by atoms with Gasteiger partial charge in [-0.05, 0) is 91.2 Å². The van der Waals surface area contributed by atoms with Crippen molar-refractivity contribution in [1.82, 2.24) is 4.57 Å². The molecule has 5 rings (SSSR count). The maximum absolute atomic E-state index is 14.1. The number of rotatable bonds is 11. The first-order chi connectivity index (χ1) is 21.7. The lowest BCUT2D eigenvalue weighted by Gasteiger charge is -2.25. The first-order valence-electron chi connectivity index (χ1n) is 14.5. The molecule has 3 aromatic carbocycles. The molecule has 0 saturated heterocycles. The van der Waals surface area contributed by atoms with E-state index in [0.29, 0.717) is 68.3 Å². The number of thiazole rings is 1. The molecule has 1 aromatic heterocycles. The van der Waals surface area contributed by atoms with Gasteiger partial charge in [-0.2, -0.15) is 0 Å². The molecule has 45 heavy (non-hydrogen) atoms. The predicted octanol–water partition coefficient (Wildman–Crippen LogP) is 6.59. The summed E-state index contributed by atoms with van der Waals surface area (Å²) in [6.45, 7) is 8.67. The van der Waals surface area contributed by atoms with Crippen LogP contribution in [0.25, 0.3) is 6.08 Å². The minimum absolute atomic E-state index is 0.188. The highest BCUT2D eigenvalue weighted by atomic mass is 79.9. The molecule has 0 saturated carbocycles. The molecule has 2 heterocycles. The highest BCUT2D eigenvalue weighted by Gasteiger charge is 2.34. The van der Waals surface area contributed by atoms with Crippen LogP contribution in [0, 0.1) is 0 Å². The third-order valence-corrected chi connectivity index (χ3v) is 8.97. The van der Waals surface area contributed by atoms with E-state index < -0.39 is 12.0 Å². The molecule has 0 unspecified atom stereocenters. The van der Waals surface area contributed by atoms with Gasteiger partial charge in [0.15, 0.2) is 16.3 Å². The van der Waals surface area contributed by atoms with Gasteiger partial charge in [-0.1, -0.05) is 53.3 Å². The van der Waals surface area contributed by atoms with Crippen molar-refractivity contribution in [1.29, 1.82) is 0 Å². The zero-order chi connectivity index (χ0) is 32.1. The first kappa shape index (κ1) is 32.5. The van der Waals surface area contributed by atoms with Crippen LogP contribution in [0.5, 0.6) is 17.2 Å². The van der Waals surface area contributed by atoms with Crippen LogP contribution in [-0.2, 0) is 16.1 Å².